The van der Waals surface area contributed by atoms with Crippen molar-refractivity contribution in [1.29, 1.82) is 0 Å². The second-order valence-corrected chi connectivity index (χ2v) is 10.8. The number of aliphatic hydroxyl groups is 1. The zero-order chi connectivity index (χ0) is 18.1. The van der Waals surface area contributed by atoms with E-state index in [1.54, 1.807) is 0 Å². The van der Waals surface area contributed by atoms with Crippen LogP contribution in [-0.4, -0.2) is 26.6 Å². The van der Waals surface area contributed by atoms with E-state index >= 15 is 0 Å². The van der Waals surface area contributed by atoms with Crippen molar-refractivity contribution < 1.29 is 9.66 Å². The van der Waals surface area contributed by atoms with Crippen LogP contribution < -0.4 is 4.72 Å². The average molecular weight is 372 g/mol. The first-order valence-electron chi connectivity index (χ1n) is 8.67. The van der Waals surface area contributed by atoms with E-state index in [0.29, 0.717) is 23.8 Å². The van der Waals surface area contributed by atoms with Crippen molar-refractivity contribution in [2.24, 2.45) is 5.92 Å². The minimum atomic E-state index is -1.15. The molecule has 2 rings (SSSR count). The second kappa shape index (κ2) is 7.55. The van der Waals surface area contributed by atoms with Gasteiger partial charge in [-0.3, -0.25) is 0 Å². The van der Waals surface area contributed by atoms with Gasteiger partial charge in [0.15, 0.2) is 0 Å². The molecule has 0 spiro atoms. The largest absolute Gasteiger partial charge is 0.598 e. The first-order chi connectivity index (χ1) is 11.0. The highest BCUT2D eigenvalue weighted by atomic mass is 35.5. The summed E-state index contributed by atoms with van der Waals surface area (Å²) in [7, 11) is 0. The minimum Gasteiger partial charge on any atom is -0.598 e. The van der Waals surface area contributed by atoms with E-state index in [9.17, 15) is 9.66 Å². The molecule has 0 unspecified atom stereocenters. The van der Waals surface area contributed by atoms with Crippen LogP contribution in [0.25, 0.3) is 0 Å². The lowest BCUT2D eigenvalue weighted by Gasteiger charge is -2.51. The maximum Gasteiger partial charge on any atom is 0.136 e. The van der Waals surface area contributed by atoms with Crippen molar-refractivity contribution in [3.05, 3.63) is 34.9 Å². The van der Waals surface area contributed by atoms with Crippen LogP contribution in [0.4, 0.5) is 0 Å². The van der Waals surface area contributed by atoms with E-state index in [4.69, 9.17) is 11.6 Å². The molecule has 136 valence electrons. The number of hydrogen-bond donors (Lipinski definition) is 2. The first kappa shape index (κ1) is 20.1. The molecule has 2 atom stereocenters. The molecule has 0 aliphatic heterocycles. The highest BCUT2D eigenvalue weighted by Gasteiger charge is 2.52. The number of benzene rings is 1. The summed E-state index contributed by atoms with van der Waals surface area (Å²) in [6.07, 6.45) is 2.01. The molecule has 1 aromatic carbocycles. The Bertz CT molecular complexity index is 535. The summed E-state index contributed by atoms with van der Waals surface area (Å²) in [6, 6.07) is 7.95. The third-order valence-electron chi connectivity index (χ3n) is 4.80. The van der Waals surface area contributed by atoms with Gasteiger partial charge in [-0.1, -0.05) is 37.6 Å². The molecule has 0 radical (unpaired) electrons. The maximum atomic E-state index is 12.7. The van der Waals surface area contributed by atoms with Gasteiger partial charge in [0.25, 0.3) is 0 Å². The van der Waals surface area contributed by atoms with Gasteiger partial charge in [0.2, 0.25) is 0 Å². The molecular weight excluding hydrogens is 342 g/mol. The lowest BCUT2D eigenvalue weighted by atomic mass is 9.57. The summed E-state index contributed by atoms with van der Waals surface area (Å²) in [5.74, 6) is 0.474. The third-order valence-corrected chi connectivity index (χ3v) is 6.66. The Kier molecular flexibility index (Phi) is 6.31. The van der Waals surface area contributed by atoms with Gasteiger partial charge in [0, 0.05) is 21.8 Å². The second-order valence-electron chi connectivity index (χ2n) is 8.41. The SMILES string of the molecule is CC(C)C[C@H](N[S@@+]([O-])C(C)(C)C)[C@]1(c2ccc(Cl)cc2)C[C@H](O)C1. The summed E-state index contributed by atoms with van der Waals surface area (Å²) >= 11 is 4.90. The number of hydrogen-bond acceptors (Lipinski definition) is 3. The van der Waals surface area contributed by atoms with Gasteiger partial charge in [-0.2, -0.15) is 0 Å². The molecule has 0 amide bonds. The zero-order valence-corrected chi connectivity index (χ0v) is 16.9. The zero-order valence-electron chi connectivity index (χ0n) is 15.3. The molecule has 1 fully saturated rings. The van der Waals surface area contributed by atoms with Crippen LogP contribution in [0.1, 0.15) is 59.4 Å². The predicted molar refractivity (Wildman–Crippen MR) is 103 cm³/mol. The van der Waals surface area contributed by atoms with Gasteiger partial charge in [0.1, 0.15) is 4.75 Å². The van der Waals surface area contributed by atoms with E-state index in [2.05, 4.69) is 18.6 Å². The van der Waals surface area contributed by atoms with Crippen LogP contribution in [0, 0.1) is 5.92 Å². The van der Waals surface area contributed by atoms with Crippen LogP contribution >= 0.6 is 11.6 Å². The molecule has 1 aliphatic carbocycles. The average Bonchev–Trinajstić information content (AvgIpc) is 2.42. The highest BCUT2D eigenvalue weighted by molar-refractivity contribution is 7.90. The molecule has 1 saturated carbocycles. The Labute approximate surface area is 154 Å². The van der Waals surface area contributed by atoms with E-state index in [-0.39, 0.29) is 22.3 Å². The standard InChI is InChI=1S/C19H30ClNO2S/c1-13(2)10-17(21-24(23)18(3,4)5)19(11-16(22)12-19)14-6-8-15(20)9-7-14/h6-9,13,16-17,21-22H,10-12H2,1-5H3/t16-,17-,19+,24-/m0/s1. The Morgan fingerprint density at radius 1 is 1.29 bits per heavy atom. The number of nitrogens with one attached hydrogen (secondary N) is 1. The topological polar surface area (TPSA) is 55.3 Å². The summed E-state index contributed by atoms with van der Waals surface area (Å²) in [5.41, 5.74) is 0.983. The molecule has 0 bridgehead atoms. The Hall–Kier alpha value is -0.260. The van der Waals surface area contributed by atoms with Crippen LogP contribution in [-0.2, 0) is 16.8 Å². The van der Waals surface area contributed by atoms with Crippen molar-refractivity contribution in [3.63, 3.8) is 0 Å². The molecule has 2 N–H and O–H groups in total. The quantitative estimate of drug-likeness (QED) is 0.737. The van der Waals surface area contributed by atoms with Gasteiger partial charge >= 0.3 is 0 Å². The molecule has 1 aromatic rings. The number of aliphatic hydroxyl groups excluding tert-OH is 1. The monoisotopic (exact) mass is 371 g/mol. The molecule has 0 aromatic heterocycles. The van der Waals surface area contributed by atoms with E-state index in [0.717, 1.165) is 6.42 Å². The van der Waals surface area contributed by atoms with E-state index in [1.165, 1.54) is 5.56 Å². The van der Waals surface area contributed by atoms with Crippen LogP contribution in [0.2, 0.25) is 5.02 Å². The Morgan fingerprint density at radius 2 is 1.83 bits per heavy atom. The number of rotatable bonds is 6. The molecule has 0 saturated heterocycles. The summed E-state index contributed by atoms with van der Waals surface area (Å²) < 4.78 is 15.8. The smallest absolute Gasteiger partial charge is 0.136 e. The first-order valence-corrected chi connectivity index (χ1v) is 10.2. The molecule has 0 heterocycles. The van der Waals surface area contributed by atoms with Crippen LogP contribution in [0.15, 0.2) is 24.3 Å². The fourth-order valence-electron chi connectivity index (χ4n) is 3.45. The van der Waals surface area contributed by atoms with E-state index < -0.39 is 11.4 Å². The molecule has 1 aliphatic rings. The fraction of sp³-hybridized carbons (Fsp3) is 0.684. The van der Waals surface area contributed by atoms with Gasteiger partial charge < -0.3 is 9.66 Å². The predicted octanol–water partition coefficient (Wildman–Crippen LogP) is 4.20. The molecule has 3 nitrogen and oxygen atoms in total. The summed E-state index contributed by atoms with van der Waals surface area (Å²) in [6.45, 7) is 10.3. The molecular formula is C19H30ClNO2S. The van der Waals surface area contributed by atoms with Gasteiger partial charge in [0.05, 0.1) is 12.1 Å². The molecule has 24 heavy (non-hydrogen) atoms. The number of halogens is 1. The molecule has 5 heteroatoms. The van der Waals surface area contributed by atoms with Crippen molar-refractivity contribution in [2.45, 2.75) is 76.2 Å². The normalized spacial score (nSPS) is 27.0. The highest BCUT2D eigenvalue weighted by Crippen LogP contribution is 2.48. The van der Waals surface area contributed by atoms with Crippen molar-refractivity contribution in [1.82, 2.24) is 4.72 Å². The summed E-state index contributed by atoms with van der Waals surface area (Å²) in [5, 5.41) is 10.8. The lowest BCUT2D eigenvalue weighted by Crippen LogP contribution is -2.61. The van der Waals surface area contributed by atoms with Gasteiger partial charge in [-0.15, -0.1) is 4.72 Å². The maximum absolute atomic E-state index is 12.7. The Morgan fingerprint density at radius 3 is 2.25 bits per heavy atom. The van der Waals surface area contributed by atoms with Crippen LogP contribution in [0.3, 0.4) is 0 Å². The Balaban J connectivity index is 2.33. The van der Waals surface area contributed by atoms with Crippen molar-refractivity contribution in [3.8, 4) is 0 Å². The fourth-order valence-corrected chi connectivity index (χ4v) is 4.51. The minimum absolute atomic E-state index is 0.0575. The third kappa shape index (κ3) is 4.47. The van der Waals surface area contributed by atoms with Crippen LogP contribution in [0.5, 0.6) is 0 Å². The van der Waals surface area contributed by atoms with Gasteiger partial charge in [-0.05, 0) is 63.6 Å². The van der Waals surface area contributed by atoms with Crippen molar-refractivity contribution in [2.75, 3.05) is 0 Å². The van der Waals surface area contributed by atoms with Gasteiger partial charge in [-0.25, -0.2) is 0 Å². The van der Waals surface area contributed by atoms with Crippen molar-refractivity contribution >= 4 is 23.0 Å². The summed E-state index contributed by atoms with van der Waals surface area (Å²) in [4.78, 5) is 0. The van der Waals surface area contributed by atoms with E-state index in [1.807, 2.05) is 45.0 Å². The lowest BCUT2D eigenvalue weighted by molar-refractivity contribution is -0.00279.